The van der Waals surface area contributed by atoms with Gasteiger partial charge in [0, 0.05) is 33.7 Å². The summed E-state index contributed by atoms with van der Waals surface area (Å²) >= 11 is 0. The Hall–Kier alpha value is -2.08. The summed E-state index contributed by atoms with van der Waals surface area (Å²) in [5.74, 6) is 1.56. The van der Waals surface area contributed by atoms with Gasteiger partial charge in [0.25, 0.3) is 0 Å². The Balaban J connectivity index is 1.64. The molecule has 0 aliphatic carbocycles. The van der Waals surface area contributed by atoms with Crippen molar-refractivity contribution >= 4 is 11.9 Å². The Morgan fingerprint density at radius 1 is 1.17 bits per heavy atom. The molecule has 1 aromatic rings. The van der Waals surface area contributed by atoms with Crippen molar-refractivity contribution in [2.45, 2.75) is 38.6 Å². The van der Waals surface area contributed by atoms with E-state index < -0.39 is 0 Å². The lowest BCUT2D eigenvalue weighted by Gasteiger charge is -2.29. The van der Waals surface area contributed by atoms with Crippen LogP contribution < -0.4 is 5.32 Å². The van der Waals surface area contributed by atoms with Gasteiger partial charge in [-0.25, -0.2) is 4.99 Å². The van der Waals surface area contributed by atoms with Gasteiger partial charge in [0.05, 0.1) is 6.04 Å². The Morgan fingerprint density at radius 2 is 1.90 bits per heavy atom. The number of aliphatic imine (C=N–C) groups is 1. The first kappa shape index (κ1) is 21.6. The average Bonchev–Trinajstić information content (AvgIpc) is 3.20. The maximum atomic E-state index is 12.1. The molecule has 160 valence electrons. The zero-order valence-corrected chi connectivity index (χ0v) is 18.3. The molecule has 1 amide bonds. The van der Waals surface area contributed by atoms with Crippen molar-refractivity contribution in [3.63, 3.8) is 0 Å². The molecule has 0 bridgehead atoms. The molecule has 2 unspecified atom stereocenters. The summed E-state index contributed by atoms with van der Waals surface area (Å²) in [6.45, 7) is 8.04. The molecule has 2 heterocycles. The molecular weight excluding hydrogens is 362 g/mol. The highest BCUT2D eigenvalue weighted by molar-refractivity contribution is 5.85. The number of nitrogens with one attached hydrogen (secondary N) is 1. The highest BCUT2D eigenvalue weighted by atomic mass is 16.2. The second-order valence-corrected chi connectivity index (χ2v) is 8.67. The SMILES string of the molecule is CC(NC(=NCC(=O)N(C)C)N1CCC(CN2CCCCC2)C1)c1ccccc1. The van der Waals surface area contributed by atoms with E-state index >= 15 is 0 Å². The number of benzene rings is 1. The molecule has 2 fully saturated rings. The molecular formula is C23H37N5O. The standard InChI is InChI=1S/C23H37N5O/c1-19(21-10-6-4-7-11-21)25-23(24-16-22(29)26(2)3)28-15-12-20(18-28)17-27-13-8-5-9-14-27/h4,6-7,10-11,19-20H,5,8-9,12-18H2,1-3H3,(H,24,25). The number of guanidine groups is 1. The zero-order valence-electron chi connectivity index (χ0n) is 18.3. The van der Waals surface area contributed by atoms with Gasteiger partial charge in [0.2, 0.25) is 5.91 Å². The summed E-state index contributed by atoms with van der Waals surface area (Å²) in [5.41, 5.74) is 1.23. The number of nitrogens with zero attached hydrogens (tertiary/aromatic N) is 4. The third-order valence-electron chi connectivity index (χ3n) is 6.06. The van der Waals surface area contributed by atoms with Gasteiger partial charge in [-0.3, -0.25) is 4.79 Å². The number of carbonyl (C=O) groups is 1. The van der Waals surface area contributed by atoms with E-state index in [1.165, 1.54) is 50.9 Å². The van der Waals surface area contributed by atoms with Gasteiger partial charge < -0.3 is 20.0 Å². The van der Waals surface area contributed by atoms with Gasteiger partial charge in [0.1, 0.15) is 6.54 Å². The number of amides is 1. The summed E-state index contributed by atoms with van der Waals surface area (Å²) in [7, 11) is 3.56. The fourth-order valence-corrected chi connectivity index (χ4v) is 4.22. The lowest BCUT2D eigenvalue weighted by atomic mass is 10.1. The summed E-state index contributed by atoms with van der Waals surface area (Å²) in [6.07, 6.45) is 5.25. The number of hydrogen-bond acceptors (Lipinski definition) is 3. The van der Waals surface area contributed by atoms with Gasteiger partial charge in [-0.1, -0.05) is 36.8 Å². The summed E-state index contributed by atoms with van der Waals surface area (Å²) < 4.78 is 0. The van der Waals surface area contributed by atoms with E-state index in [-0.39, 0.29) is 18.5 Å². The van der Waals surface area contributed by atoms with Crippen molar-refractivity contribution in [1.29, 1.82) is 0 Å². The zero-order chi connectivity index (χ0) is 20.6. The van der Waals surface area contributed by atoms with Crippen LogP contribution >= 0.6 is 0 Å². The smallest absolute Gasteiger partial charge is 0.243 e. The van der Waals surface area contributed by atoms with Crippen molar-refractivity contribution in [3.8, 4) is 0 Å². The predicted octanol–water partition coefficient (Wildman–Crippen LogP) is 2.59. The van der Waals surface area contributed by atoms with Crippen LogP contribution in [0.3, 0.4) is 0 Å². The predicted molar refractivity (Wildman–Crippen MR) is 119 cm³/mol. The van der Waals surface area contributed by atoms with Crippen LogP contribution in [-0.4, -0.2) is 79.9 Å². The van der Waals surface area contributed by atoms with E-state index in [2.05, 4.69) is 46.3 Å². The first-order chi connectivity index (χ1) is 14.0. The molecule has 0 spiro atoms. The first-order valence-electron chi connectivity index (χ1n) is 11.1. The first-order valence-corrected chi connectivity index (χ1v) is 11.1. The van der Waals surface area contributed by atoms with Gasteiger partial charge >= 0.3 is 0 Å². The van der Waals surface area contributed by atoms with Crippen LogP contribution in [0.1, 0.15) is 44.2 Å². The minimum atomic E-state index is 0.0285. The normalized spacial score (nSPS) is 21.8. The maximum Gasteiger partial charge on any atom is 0.243 e. The molecule has 2 atom stereocenters. The largest absolute Gasteiger partial charge is 0.350 e. The van der Waals surface area contributed by atoms with Crippen LogP contribution in [0.2, 0.25) is 0 Å². The second-order valence-electron chi connectivity index (χ2n) is 8.67. The molecule has 2 aliphatic heterocycles. The van der Waals surface area contributed by atoms with Gasteiger partial charge in [-0.2, -0.15) is 0 Å². The van der Waals surface area contributed by atoms with E-state index in [0.29, 0.717) is 5.92 Å². The van der Waals surface area contributed by atoms with E-state index in [4.69, 9.17) is 4.99 Å². The number of carbonyl (C=O) groups excluding carboxylic acids is 1. The Bertz CT molecular complexity index is 669. The third kappa shape index (κ3) is 6.46. The Kier molecular flexibility index (Phi) is 7.92. The molecule has 1 aromatic carbocycles. The fourth-order valence-electron chi connectivity index (χ4n) is 4.22. The van der Waals surface area contributed by atoms with Crippen LogP contribution in [0, 0.1) is 5.92 Å². The summed E-state index contributed by atoms with van der Waals surface area (Å²) in [6, 6.07) is 10.6. The lowest BCUT2D eigenvalue weighted by Crippen LogP contribution is -2.43. The fraction of sp³-hybridized carbons (Fsp3) is 0.652. The van der Waals surface area contributed by atoms with Crippen LogP contribution in [0.25, 0.3) is 0 Å². The molecule has 2 saturated heterocycles. The molecule has 0 aromatic heterocycles. The molecule has 6 heteroatoms. The molecule has 2 aliphatic rings. The lowest BCUT2D eigenvalue weighted by molar-refractivity contribution is -0.127. The van der Waals surface area contributed by atoms with Crippen molar-refractivity contribution < 1.29 is 4.79 Å². The van der Waals surface area contributed by atoms with Crippen LogP contribution in [0.5, 0.6) is 0 Å². The van der Waals surface area contributed by atoms with Gasteiger partial charge in [0.15, 0.2) is 5.96 Å². The summed E-state index contributed by atoms with van der Waals surface area (Å²) in [5, 5.41) is 3.59. The number of likely N-dealkylation sites (N-methyl/N-ethyl adjacent to an activating group) is 1. The molecule has 0 saturated carbocycles. The average molecular weight is 400 g/mol. The van der Waals surface area contributed by atoms with Crippen LogP contribution in [0.4, 0.5) is 0 Å². The van der Waals surface area contributed by atoms with E-state index in [1.54, 1.807) is 19.0 Å². The highest BCUT2D eigenvalue weighted by Crippen LogP contribution is 2.21. The molecule has 3 rings (SSSR count). The minimum absolute atomic E-state index is 0.0285. The van der Waals surface area contributed by atoms with Crippen molar-refractivity contribution in [1.82, 2.24) is 20.0 Å². The van der Waals surface area contributed by atoms with Gasteiger partial charge in [-0.15, -0.1) is 0 Å². The molecule has 29 heavy (non-hydrogen) atoms. The van der Waals surface area contributed by atoms with Crippen molar-refractivity contribution in [2.75, 3.05) is 53.4 Å². The second kappa shape index (κ2) is 10.6. The Morgan fingerprint density at radius 3 is 2.59 bits per heavy atom. The van der Waals surface area contributed by atoms with E-state index in [1.807, 2.05) is 6.07 Å². The maximum absolute atomic E-state index is 12.1. The monoisotopic (exact) mass is 399 g/mol. The molecule has 1 N–H and O–H groups in total. The topological polar surface area (TPSA) is 51.2 Å². The minimum Gasteiger partial charge on any atom is -0.350 e. The van der Waals surface area contributed by atoms with Crippen molar-refractivity contribution in [2.24, 2.45) is 10.9 Å². The number of likely N-dealkylation sites (tertiary alicyclic amines) is 2. The van der Waals surface area contributed by atoms with Crippen LogP contribution in [-0.2, 0) is 4.79 Å². The summed E-state index contributed by atoms with van der Waals surface area (Å²) in [4.78, 5) is 23.4. The molecule has 6 nitrogen and oxygen atoms in total. The highest BCUT2D eigenvalue weighted by Gasteiger charge is 2.28. The number of rotatable bonds is 6. The number of piperidine rings is 1. The molecule has 0 radical (unpaired) electrons. The van der Waals surface area contributed by atoms with Crippen LogP contribution in [0.15, 0.2) is 35.3 Å². The number of hydrogen-bond donors (Lipinski definition) is 1. The third-order valence-corrected chi connectivity index (χ3v) is 6.06. The Labute approximate surface area is 176 Å². The quantitative estimate of drug-likeness (QED) is 0.590. The van der Waals surface area contributed by atoms with Crippen molar-refractivity contribution in [3.05, 3.63) is 35.9 Å². The van der Waals surface area contributed by atoms with Gasteiger partial charge in [-0.05, 0) is 50.8 Å². The van der Waals surface area contributed by atoms with E-state index in [0.717, 1.165) is 19.0 Å². The van der Waals surface area contributed by atoms with E-state index in [9.17, 15) is 4.79 Å².